The highest BCUT2D eigenvalue weighted by molar-refractivity contribution is 8.00. The van der Waals surface area contributed by atoms with E-state index in [-0.39, 0.29) is 11.9 Å². The van der Waals surface area contributed by atoms with Crippen molar-refractivity contribution in [1.29, 1.82) is 0 Å². The number of piperidine rings is 1. The summed E-state index contributed by atoms with van der Waals surface area (Å²) in [5.74, 6) is 0.896. The summed E-state index contributed by atoms with van der Waals surface area (Å²) < 4.78 is 37.8. The average Bonchev–Trinajstić information content (AvgIpc) is 2.67. The molecule has 1 saturated heterocycles. The predicted octanol–water partition coefficient (Wildman–Crippen LogP) is 3.98. The summed E-state index contributed by atoms with van der Waals surface area (Å²) >= 11 is 1.49. The number of rotatable bonds is 5. The summed E-state index contributed by atoms with van der Waals surface area (Å²) in [6, 6.07) is 12.3. The van der Waals surface area contributed by atoms with Crippen molar-refractivity contribution in [3.8, 4) is 0 Å². The molecule has 4 nitrogen and oxygen atoms in total. The molecule has 8 heteroatoms. The van der Waals surface area contributed by atoms with Crippen LogP contribution in [0.25, 0.3) is 0 Å². The molecule has 1 aliphatic heterocycles. The highest BCUT2D eigenvalue weighted by Crippen LogP contribution is 2.29. The lowest BCUT2D eigenvalue weighted by Crippen LogP contribution is -2.45. The highest BCUT2D eigenvalue weighted by atomic mass is 32.2. The van der Waals surface area contributed by atoms with Gasteiger partial charge >= 0.3 is 6.18 Å². The first kappa shape index (κ1) is 19.5. The number of carbonyl (C=O) groups is 1. The number of pyridine rings is 1. The number of alkyl halides is 3. The lowest BCUT2D eigenvalue weighted by atomic mass is 10.0. The molecule has 0 atom stereocenters. The Morgan fingerprint density at radius 1 is 1.15 bits per heavy atom. The van der Waals surface area contributed by atoms with Gasteiger partial charge in [0, 0.05) is 30.2 Å². The minimum absolute atomic E-state index is 0.00467. The van der Waals surface area contributed by atoms with Gasteiger partial charge in [0.1, 0.15) is 5.82 Å². The van der Waals surface area contributed by atoms with Crippen LogP contribution in [0.5, 0.6) is 0 Å². The smallest absolute Gasteiger partial charge is 0.356 e. The summed E-state index contributed by atoms with van der Waals surface area (Å²) in [6.07, 6.45) is -2.03. The largest absolute Gasteiger partial charge is 0.417 e. The monoisotopic (exact) mass is 395 g/mol. The van der Waals surface area contributed by atoms with Gasteiger partial charge in [-0.15, -0.1) is 11.8 Å². The molecule has 0 aliphatic carbocycles. The van der Waals surface area contributed by atoms with E-state index in [0.29, 0.717) is 24.7 Å². The van der Waals surface area contributed by atoms with Crippen LogP contribution < -0.4 is 10.2 Å². The normalized spacial score (nSPS) is 15.6. The van der Waals surface area contributed by atoms with Crippen molar-refractivity contribution < 1.29 is 18.0 Å². The SMILES string of the molecule is O=C(CSc1ccccc1)NC1CCN(c2ccc(C(F)(F)F)cn2)CC1. The maximum Gasteiger partial charge on any atom is 0.417 e. The van der Waals surface area contributed by atoms with Gasteiger partial charge in [-0.1, -0.05) is 18.2 Å². The van der Waals surface area contributed by atoms with Gasteiger partial charge in [-0.25, -0.2) is 4.98 Å². The average molecular weight is 395 g/mol. The molecule has 1 aliphatic rings. The molecule has 2 aromatic rings. The zero-order chi connectivity index (χ0) is 19.3. The van der Waals surface area contributed by atoms with Crippen LogP contribution in [0.3, 0.4) is 0 Å². The summed E-state index contributed by atoms with van der Waals surface area (Å²) in [7, 11) is 0. The molecule has 3 rings (SSSR count). The van der Waals surface area contributed by atoms with Gasteiger partial charge in [0.2, 0.25) is 5.91 Å². The molecule has 0 unspecified atom stereocenters. The molecule has 0 spiro atoms. The van der Waals surface area contributed by atoms with Gasteiger partial charge in [0.15, 0.2) is 0 Å². The first-order chi connectivity index (χ1) is 12.9. The number of nitrogens with zero attached hydrogens (tertiary/aromatic N) is 2. The third-order valence-corrected chi connectivity index (χ3v) is 5.38. The molecule has 1 fully saturated rings. The van der Waals surface area contributed by atoms with Gasteiger partial charge < -0.3 is 10.2 Å². The highest BCUT2D eigenvalue weighted by Gasteiger charge is 2.31. The predicted molar refractivity (Wildman–Crippen MR) is 99.8 cm³/mol. The Hall–Kier alpha value is -2.22. The van der Waals surface area contributed by atoms with E-state index < -0.39 is 11.7 Å². The van der Waals surface area contributed by atoms with E-state index in [9.17, 15) is 18.0 Å². The zero-order valence-corrected chi connectivity index (χ0v) is 15.4. The first-order valence-electron chi connectivity index (χ1n) is 8.67. The van der Waals surface area contributed by atoms with Crippen molar-refractivity contribution in [2.75, 3.05) is 23.7 Å². The number of thioether (sulfide) groups is 1. The lowest BCUT2D eigenvalue weighted by molar-refractivity contribution is -0.137. The minimum atomic E-state index is -4.37. The molecule has 1 N–H and O–H groups in total. The second-order valence-corrected chi connectivity index (χ2v) is 7.38. The summed E-state index contributed by atoms with van der Waals surface area (Å²) in [6.45, 7) is 1.30. The number of benzene rings is 1. The van der Waals surface area contributed by atoms with E-state index in [1.807, 2.05) is 35.2 Å². The number of amides is 1. The third-order valence-electron chi connectivity index (χ3n) is 4.37. The van der Waals surface area contributed by atoms with Gasteiger partial charge in [-0.3, -0.25) is 4.79 Å². The van der Waals surface area contributed by atoms with Crippen molar-refractivity contribution in [3.63, 3.8) is 0 Å². The number of hydrogen-bond acceptors (Lipinski definition) is 4. The lowest BCUT2D eigenvalue weighted by Gasteiger charge is -2.33. The van der Waals surface area contributed by atoms with E-state index in [0.717, 1.165) is 30.0 Å². The molecular weight excluding hydrogens is 375 g/mol. The zero-order valence-electron chi connectivity index (χ0n) is 14.6. The molecule has 1 aromatic heterocycles. The minimum Gasteiger partial charge on any atom is -0.356 e. The molecule has 1 aromatic carbocycles. The fourth-order valence-electron chi connectivity index (χ4n) is 2.93. The Bertz CT molecular complexity index is 745. The van der Waals surface area contributed by atoms with Crippen LogP contribution in [0.4, 0.5) is 19.0 Å². The van der Waals surface area contributed by atoms with Crippen LogP contribution in [0.2, 0.25) is 0 Å². The Balaban J connectivity index is 1.44. The van der Waals surface area contributed by atoms with Gasteiger partial charge in [0.25, 0.3) is 0 Å². The van der Waals surface area contributed by atoms with Gasteiger partial charge in [-0.2, -0.15) is 13.2 Å². The molecular formula is C19H20F3N3OS. The van der Waals surface area contributed by atoms with E-state index in [4.69, 9.17) is 0 Å². The van der Waals surface area contributed by atoms with Crippen LogP contribution in [-0.4, -0.2) is 35.8 Å². The van der Waals surface area contributed by atoms with Crippen molar-refractivity contribution in [3.05, 3.63) is 54.2 Å². The molecule has 0 bridgehead atoms. The third kappa shape index (κ3) is 5.63. The molecule has 144 valence electrons. The van der Waals surface area contributed by atoms with E-state index >= 15 is 0 Å². The number of halogens is 3. The van der Waals surface area contributed by atoms with Crippen LogP contribution in [0, 0.1) is 0 Å². The van der Waals surface area contributed by atoms with Gasteiger partial charge in [-0.05, 0) is 37.1 Å². The molecule has 1 amide bonds. The Kier molecular flexibility index (Phi) is 6.26. The van der Waals surface area contributed by atoms with Crippen LogP contribution in [-0.2, 0) is 11.0 Å². The number of anilines is 1. The molecule has 0 saturated carbocycles. The standard InChI is InChI=1S/C19H20F3N3OS/c20-19(21,22)14-6-7-17(23-12-14)25-10-8-15(9-11-25)24-18(26)13-27-16-4-2-1-3-5-16/h1-7,12,15H,8-11,13H2,(H,24,26). The van der Waals surface area contributed by atoms with E-state index in [1.165, 1.54) is 17.8 Å². The van der Waals surface area contributed by atoms with Crippen LogP contribution in [0.15, 0.2) is 53.6 Å². The number of hydrogen-bond donors (Lipinski definition) is 1. The molecule has 2 heterocycles. The maximum absolute atomic E-state index is 12.6. The fraction of sp³-hybridized carbons (Fsp3) is 0.368. The molecule has 27 heavy (non-hydrogen) atoms. The summed E-state index contributed by atoms with van der Waals surface area (Å²) in [5.41, 5.74) is -0.746. The second-order valence-electron chi connectivity index (χ2n) is 6.33. The van der Waals surface area contributed by atoms with Gasteiger partial charge in [0.05, 0.1) is 11.3 Å². The first-order valence-corrected chi connectivity index (χ1v) is 9.66. The number of carbonyl (C=O) groups excluding carboxylic acids is 1. The Morgan fingerprint density at radius 3 is 2.44 bits per heavy atom. The number of nitrogens with one attached hydrogen (secondary N) is 1. The molecule has 0 radical (unpaired) electrons. The summed E-state index contributed by atoms with van der Waals surface area (Å²) in [4.78, 5) is 19.0. The van der Waals surface area contributed by atoms with Crippen LogP contribution in [0.1, 0.15) is 18.4 Å². The second kappa shape index (κ2) is 8.65. The number of aromatic nitrogens is 1. The fourth-order valence-corrected chi connectivity index (χ4v) is 3.66. The Morgan fingerprint density at radius 2 is 1.85 bits per heavy atom. The van der Waals surface area contributed by atoms with Crippen molar-refractivity contribution in [2.45, 2.75) is 30.0 Å². The van der Waals surface area contributed by atoms with Crippen molar-refractivity contribution >= 4 is 23.5 Å². The maximum atomic E-state index is 12.6. The Labute approximate surface area is 160 Å². The topological polar surface area (TPSA) is 45.2 Å². The quantitative estimate of drug-likeness (QED) is 0.778. The summed E-state index contributed by atoms with van der Waals surface area (Å²) in [5, 5.41) is 3.03. The van der Waals surface area contributed by atoms with Crippen molar-refractivity contribution in [2.24, 2.45) is 0 Å². The van der Waals surface area contributed by atoms with E-state index in [1.54, 1.807) is 0 Å². The van der Waals surface area contributed by atoms with E-state index in [2.05, 4.69) is 10.3 Å². The van der Waals surface area contributed by atoms with Crippen molar-refractivity contribution in [1.82, 2.24) is 10.3 Å². The van der Waals surface area contributed by atoms with Crippen LogP contribution >= 0.6 is 11.8 Å².